The highest BCUT2D eigenvalue weighted by Gasteiger charge is 2.29. The molecular formula is C29H40N4O2. The third-order valence-corrected chi connectivity index (χ3v) is 7.25. The molecule has 35 heavy (non-hydrogen) atoms. The third kappa shape index (κ3) is 6.43. The van der Waals surface area contributed by atoms with Crippen LogP contribution in [0.25, 0.3) is 0 Å². The van der Waals surface area contributed by atoms with E-state index >= 15 is 0 Å². The number of carbonyl (C=O) groups excluding carboxylic acids is 2. The molecule has 0 radical (unpaired) electrons. The number of likely N-dealkylation sites (tertiary alicyclic amines) is 1. The summed E-state index contributed by atoms with van der Waals surface area (Å²) in [6.45, 7) is 9.08. The van der Waals surface area contributed by atoms with E-state index in [4.69, 9.17) is 0 Å². The Bertz CT molecular complexity index is 1020. The van der Waals surface area contributed by atoms with Gasteiger partial charge in [-0.25, -0.2) is 0 Å². The van der Waals surface area contributed by atoms with Crippen LogP contribution in [-0.4, -0.2) is 68.4 Å². The van der Waals surface area contributed by atoms with E-state index in [2.05, 4.69) is 79.5 Å². The summed E-state index contributed by atoms with van der Waals surface area (Å²) in [6.07, 6.45) is 2.49. The molecule has 1 fully saturated rings. The van der Waals surface area contributed by atoms with Crippen molar-refractivity contribution in [3.05, 3.63) is 65.2 Å². The maximum atomic E-state index is 13.1. The minimum absolute atomic E-state index is 0.0152. The van der Waals surface area contributed by atoms with Gasteiger partial charge in [0.25, 0.3) is 5.91 Å². The monoisotopic (exact) mass is 476 g/mol. The molecule has 1 saturated heterocycles. The number of fused-ring (bicyclic) bond motifs is 1. The number of hydrogen-bond donors (Lipinski definition) is 1. The Morgan fingerprint density at radius 1 is 0.971 bits per heavy atom. The van der Waals surface area contributed by atoms with Gasteiger partial charge < -0.3 is 20.0 Å². The number of anilines is 1. The lowest BCUT2D eigenvalue weighted by Crippen LogP contribution is -2.46. The van der Waals surface area contributed by atoms with E-state index in [9.17, 15) is 9.59 Å². The first-order valence-corrected chi connectivity index (χ1v) is 12.9. The van der Waals surface area contributed by atoms with Crippen molar-refractivity contribution in [3.8, 4) is 0 Å². The van der Waals surface area contributed by atoms with Crippen molar-refractivity contribution in [2.75, 3.05) is 51.7 Å². The zero-order valence-electron chi connectivity index (χ0n) is 21.7. The summed E-state index contributed by atoms with van der Waals surface area (Å²) in [6, 6.07) is 16.7. The molecule has 188 valence electrons. The maximum Gasteiger partial charge on any atom is 0.253 e. The Kier molecular flexibility index (Phi) is 7.80. The van der Waals surface area contributed by atoms with Gasteiger partial charge in [-0.05, 0) is 74.2 Å². The average molecular weight is 477 g/mol. The van der Waals surface area contributed by atoms with Crippen LogP contribution in [0.3, 0.4) is 0 Å². The van der Waals surface area contributed by atoms with Crippen LogP contribution in [-0.2, 0) is 17.8 Å². The second kappa shape index (κ2) is 10.8. The predicted octanol–water partition coefficient (Wildman–Crippen LogP) is 3.81. The number of hydrogen-bond acceptors (Lipinski definition) is 4. The number of benzene rings is 2. The van der Waals surface area contributed by atoms with Gasteiger partial charge in [0.1, 0.15) is 0 Å². The molecule has 0 aliphatic carbocycles. The smallest absolute Gasteiger partial charge is 0.253 e. The number of nitrogens with one attached hydrogen (secondary N) is 1. The molecule has 0 atom stereocenters. The summed E-state index contributed by atoms with van der Waals surface area (Å²) < 4.78 is 0. The second-order valence-corrected chi connectivity index (χ2v) is 11.2. The van der Waals surface area contributed by atoms with Crippen molar-refractivity contribution in [3.63, 3.8) is 0 Å². The summed E-state index contributed by atoms with van der Waals surface area (Å²) in [4.78, 5) is 32.2. The minimum Gasteiger partial charge on any atom is -0.367 e. The summed E-state index contributed by atoms with van der Waals surface area (Å²) in [5, 5.41) is 3.14. The van der Waals surface area contributed by atoms with Crippen LogP contribution in [0.5, 0.6) is 0 Å². The Hall–Kier alpha value is -2.86. The fourth-order valence-corrected chi connectivity index (χ4v) is 5.44. The van der Waals surface area contributed by atoms with Crippen LogP contribution in [0.15, 0.2) is 48.5 Å². The molecule has 0 saturated carbocycles. The van der Waals surface area contributed by atoms with Crippen LogP contribution in [0, 0.1) is 11.3 Å². The lowest BCUT2D eigenvalue weighted by Gasteiger charge is -2.33. The van der Waals surface area contributed by atoms with Crippen molar-refractivity contribution < 1.29 is 9.59 Å². The molecule has 2 aromatic carbocycles. The molecule has 4 rings (SSSR count). The molecule has 2 aliphatic rings. The van der Waals surface area contributed by atoms with Gasteiger partial charge in [0.15, 0.2) is 0 Å². The van der Waals surface area contributed by atoms with E-state index in [1.165, 1.54) is 11.1 Å². The van der Waals surface area contributed by atoms with Gasteiger partial charge in [-0.1, -0.05) is 38.1 Å². The van der Waals surface area contributed by atoms with Gasteiger partial charge in [0, 0.05) is 56.4 Å². The summed E-state index contributed by atoms with van der Waals surface area (Å²) in [7, 11) is 4.10. The third-order valence-electron chi connectivity index (χ3n) is 7.25. The molecule has 6 heteroatoms. The standard InChI is InChI=1S/C29H40N4O2/c1-29(2,21-31(3)4)20-30-27(34)23-14-16-32(17-15-23)28(35)24-9-11-26(12-10-24)33-18-13-22-7-5-6-8-25(22)19-33/h5-12,23H,13-21H2,1-4H3,(H,30,34). The SMILES string of the molecule is CN(C)CC(C)(C)CNC(=O)C1CCN(C(=O)c2ccc(N3CCc4ccccc4C3)cc2)CC1. The van der Waals surface area contributed by atoms with Crippen molar-refractivity contribution in [2.45, 2.75) is 39.7 Å². The number of nitrogens with zero attached hydrogens (tertiary/aromatic N) is 3. The summed E-state index contributed by atoms with van der Waals surface area (Å²) in [5.74, 6) is 0.168. The zero-order chi connectivity index (χ0) is 25.0. The quantitative estimate of drug-likeness (QED) is 0.660. The van der Waals surface area contributed by atoms with Crippen LogP contribution >= 0.6 is 0 Å². The fraction of sp³-hybridized carbons (Fsp3) is 0.517. The summed E-state index contributed by atoms with van der Waals surface area (Å²) in [5.41, 5.74) is 4.72. The molecule has 2 heterocycles. The number of rotatable bonds is 7. The van der Waals surface area contributed by atoms with Gasteiger partial charge in [0.2, 0.25) is 5.91 Å². The van der Waals surface area contributed by atoms with Crippen molar-refractivity contribution in [1.29, 1.82) is 0 Å². The van der Waals surface area contributed by atoms with Crippen LogP contribution < -0.4 is 10.2 Å². The minimum atomic E-state index is -0.0152. The Morgan fingerprint density at radius 3 is 2.29 bits per heavy atom. The summed E-state index contributed by atoms with van der Waals surface area (Å²) >= 11 is 0. The van der Waals surface area contributed by atoms with E-state index in [0.29, 0.717) is 19.6 Å². The van der Waals surface area contributed by atoms with Crippen LogP contribution in [0.4, 0.5) is 5.69 Å². The van der Waals surface area contributed by atoms with Crippen molar-refractivity contribution in [2.24, 2.45) is 11.3 Å². The van der Waals surface area contributed by atoms with Gasteiger partial charge >= 0.3 is 0 Å². The van der Waals surface area contributed by atoms with E-state index in [-0.39, 0.29) is 23.1 Å². The van der Waals surface area contributed by atoms with Gasteiger partial charge in [-0.15, -0.1) is 0 Å². The second-order valence-electron chi connectivity index (χ2n) is 11.2. The molecule has 0 bridgehead atoms. The molecule has 0 spiro atoms. The normalized spacial score (nSPS) is 16.8. The Morgan fingerprint density at radius 2 is 1.63 bits per heavy atom. The number of amides is 2. The molecule has 0 unspecified atom stereocenters. The zero-order valence-corrected chi connectivity index (χ0v) is 21.7. The lowest BCUT2D eigenvalue weighted by molar-refractivity contribution is -0.126. The number of carbonyl (C=O) groups is 2. The van der Waals surface area contributed by atoms with Crippen LogP contribution in [0.1, 0.15) is 48.2 Å². The Labute approximate surface area is 210 Å². The molecule has 2 amide bonds. The molecule has 6 nitrogen and oxygen atoms in total. The fourth-order valence-electron chi connectivity index (χ4n) is 5.44. The van der Waals surface area contributed by atoms with Gasteiger partial charge in [-0.2, -0.15) is 0 Å². The van der Waals surface area contributed by atoms with E-state index < -0.39 is 0 Å². The van der Waals surface area contributed by atoms with Gasteiger partial charge in [0.05, 0.1) is 0 Å². The largest absolute Gasteiger partial charge is 0.367 e. The van der Waals surface area contributed by atoms with E-state index in [1.54, 1.807) is 0 Å². The van der Waals surface area contributed by atoms with Crippen molar-refractivity contribution >= 4 is 17.5 Å². The van der Waals surface area contributed by atoms with E-state index in [1.807, 2.05) is 17.0 Å². The molecular weight excluding hydrogens is 436 g/mol. The highest BCUT2D eigenvalue weighted by molar-refractivity contribution is 5.94. The average Bonchev–Trinajstić information content (AvgIpc) is 2.86. The Balaban J connectivity index is 1.27. The maximum absolute atomic E-state index is 13.1. The predicted molar refractivity (Wildman–Crippen MR) is 142 cm³/mol. The first kappa shape index (κ1) is 25.2. The first-order chi connectivity index (χ1) is 16.7. The lowest BCUT2D eigenvalue weighted by atomic mass is 9.91. The number of piperidine rings is 1. The highest BCUT2D eigenvalue weighted by Crippen LogP contribution is 2.26. The molecule has 2 aliphatic heterocycles. The molecule has 1 N–H and O–H groups in total. The molecule has 2 aromatic rings. The van der Waals surface area contributed by atoms with Crippen LogP contribution in [0.2, 0.25) is 0 Å². The van der Waals surface area contributed by atoms with E-state index in [0.717, 1.165) is 50.1 Å². The van der Waals surface area contributed by atoms with Crippen molar-refractivity contribution in [1.82, 2.24) is 15.1 Å². The molecule has 0 aromatic heterocycles. The van der Waals surface area contributed by atoms with Gasteiger partial charge in [-0.3, -0.25) is 9.59 Å². The topological polar surface area (TPSA) is 55.9 Å². The first-order valence-electron chi connectivity index (χ1n) is 12.9. The highest BCUT2D eigenvalue weighted by atomic mass is 16.2.